The number of hydrogen-bond donors (Lipinski definition) is 2. The highest BCUT2D eigenvalue weighted by molar-refractivity contribution is 5.98. The maximum absolute atomic E-state index is 10.7. The predicted molar refractivity (Wildman–Crippen MR) is 44.3 cm³/mol. The van der Waals surface area contributed by atoms with Crippen LogP contribution in [0.1, 0.15) is 6.42 Å². The molecule has 0 spiro atoms. The molecule has 0 radical (unpaired) electrons. The van der Waals surface area contributed by atoms with Crippen LogP contribution in [0.2, 0.25) is 0 Å². The van der Waals surface area contributed by atoms with Gasteiger partial charge in [-0.2, -0.15) is 0 Å². The van der Waals surface area contributed by atoms with Gasteiger partial charge in [0.1, 0.15) is 0 Å². The molecule has 0 aliphatic heterocycles. The van der Waals surface area contributed by atoms with Crippen LogP contribution in [0.3, 0.4) is 0 Å². The van der Waals surface area contributed by atoms with Crippen molar-refractivity contribution in [1.29, 1.82) is 0 Å². The zero-order valence-corrected chi connectivity index (χ0v) is 7.10. The van der Waals surface area contributed by atoms with Gasteiger partial charge in [0.25, 0.3) is 0 Å². The quantitative estimate of drug-likeness (QED) is 0.372. The number of esters is 1. The standard InChI is InChI=1S/C8H8O6/c1-2-14-7(11)4-5(8(12)13)3-6(9)10/h2-3H,1,4H2,(H,9,10)(H,12,13). The molecule has 0 atom stereocenters. The average molecular weight is 200 g/mol. The summed E-state index contributed by atoms with van der Waals surface area (Å²) in [5.41, 5.74) is -0.552. The fourth-order valence-corrected chi connectivity index (χ4v) is 0.628. The van der Waals surface area contributed by atoms with Crippen molar-refractivity contribution < 1.29 is 29.3 Å². The van der Waals surface area contributed by atoms with Crippen LogP contribution in [0.15, 0.2) is 24.5 Å². The summed E-state index contributed by atoms with van der Waals surface area (Å²) in [6.07, 6.45) is 0.656. The minimum absolute atomic E-state index is 0.437. The number of aliphatic carboxylic acids is 2. The third kappa shape index (κ3) is 4.70. The molecule has 0 aromatic heterocycles. The molecule has 0 saturated carbocycles. The Morgan fingerprint density at radius 3 is 2.21 bits per heavy atom. The lowest BCUT2D eigenvalue weighted by Gasteiger charge is -1.99. The van der Waals surface area contributed by atoms with Crippen LogP contribution in [-0.2, 0) is 19.1 Å². The van der Waals surface area contributed by atoms with Gasteiger partial charge in [-0.25, -0.2) is 9.59 Å². The summed E-state index contributed by atoms with van der Waals surface area (Å²) in [7, 11) is 0. The van der Waals surface area contributed by atoms with Crippen molar-refractivity contribution in [1.82, 2.24) is 0 Å². The van der Waals surface area contributed by atoms with Crippen molar-refractivity contribution >= 4 is 17.9 Å². The first-order valence-electron chi connectivity index (χ1n) is 3.44. The molecule has 0 aromatic rings. The molecule has 2 N–H and O–H groups in total. The summed E-state index contributed by atoms with van der Waals surface area (Å²) >= 11 is 0. The van der Waals surface area contributed by atoms with Crippen molar-refractivity contribution in [3.8, 4) is 0 Å². The number of carboxylic acid groups (broad SMARTS) is 2. The Hall–Kier alpha value is -2.11. The van der Waals surface area contributed by atoms with Crippen molar-refractivity contribution in [3.05, 3.63) is 24.5 Å². The van der Waals surface area contributed by atoms with Crippen molar-refractivity contribution in [3.63, 3.8) is 0 Å². The fraction of sp³-hybridized carbons (Fsp3) is 0.125. The first kappa shape index (κ1) is 11.9. The molecule has 0 amide bonds. The smallest absolute Gasteiger partial charge is 0.332 e. The summed E-state index contributed by atoms with van der Waals surface area (Å²) in [5, 5.41) is 16.7. The van der Waals surface area contributed by atoms with E-state index in [9.17, 15) is 14.4 Å². The summed E-state index contributed by atoms with van der Waals surface area (Å²) in [4.78, 5) is 31.3. The van der Waals surface area contributed by atoms with Crippen LogP contribution in [0.5, 0.6) is 0 Å². The van der Waals surface area contributed by atoms with Gasteiger partial charge in [-0.3, -0.25) is 4.79 Å². The number of hydrogen-bond acceptors (Lipinski definition) is 4. The third-order valence-electron chi connectivity index (χ3n) is 1.12. The van der Waals surface area contributed by atoms with Crippen LogP contribution in [0, 0.1) is 0 Å². The lowest BCUT2D eigenvalue weighted by Crippen LogP contribution is -2.10. The highest BCUT2D eigenvalue weighted by Gasteiger charge is 2.14. The highest BCUT2D eigenvalue weighted by Crippen LogP contribution is 2.03. The molecule has 0 unspecified atom stereocenters. The lowest BCUT2D eigenvalue weighted by molar-refractivity contribution is -0.140. The number of carbonyl (C=O) groups is 3. The summed E-state index contributed by atoms with van der Waals surface area (Å²) in [5.74, 6) is -3.79. The van der Waals surface area contributed by atoms with E-state index in [4.69, 9.17) is 10.2 Å². The Balaban J connectivity index is 4.54. The summed E-state index contributed by atoms with van der Waals surface area (Å²) in [6, 6.07) is 0. The zero-order valence-electron chi connectivity index (χ0n) is 7.10. The van der Waals surface area contributed by atoms with Gasteiger partial charge in [0.15, 0.2) is 0 Å². The van der Waals surface area contributed by atoms with E-state index in [0.717, 1.165) is 6.26 Å². The lowest BCUT2D eigenvalue weighted by atomic mass is 10.2. The van der Waals surface area contributed by atoms with Crippen molar-refractivity contribution in [2.45, 2.75) is 6.42 Å². The topological polar surface area (TPSA) is 101 Å². The normalized spacial score (nSPS) is 10.4. The van der Waals surface area contributed by atoms with E-state index in [1.807, 2.05) is 0 Å². The number of ether oxygens (including phenoxy) is 1. The second kappa shape index (κ2) is 5.52. The van der Waals surface area contributed by atoms with Gasteiger partial charge in [0, 0.05) is 6.08 Å². The second-order valence-electron chi connectivity index (χ2n) is 2.15. The Morgan fingerprint density at radius 1 is 1.29 bits per heavy atom. The predicted octanol–water partition coefficient (Wildman–Crippen LogP) is 0.159. The van der Waals surface area contributed by atoms with E-state index >= 15 is 0 Å². The van der Waals surface area contributed by atoms with Crippen molar-refractivity contribution in [2.24, 2.45) is 0 Å². The van der Waals surface area contributed by atoms with Gasteiger partial charge < -0.3 is 14.9 Å². The van der Waals surface area contributed by atoms with E-state index in [0.29, 0.717) is 6.08 Å². The van der Waals surface area contributed by atoms with Crippen LogP contribution in [0.25, 0.3) is 0 Å². The summed E-state index contributed by atoms with van der Waals surface area (Å²) in [6.45, 7) is 3.09. The second-order valence-corrected chi connectivity index (χ2v) is 2.15. The molecule has 0 bridgehead atoms. The van der Waals surface area contributed by atoms with Crippen LogP contribution >= 0.6 is 0 Å². The van der Waals surface area contributed by atoms with Gasteiger partial charge >= 0.3 is 17.9 Å². The monoisotopic (exact) mass is 200 g/mol. The van der Waals surface area contributed by atoms with E-state index in [1.54, 1.807) is 0 Å². The maximum Gasteiger partial charge on any atom is 0.332 e. The summed E-state index contributed by atoms with van der Waals surface area (Å²) < 4.78 is 4.23. The fourth-order valence-electron chi connectivity index (χ4n) is 0.628. The maximum atomic E-state index is 10.7. The molecule has 0 aromatic carbocycles. The minimum atomic E-state index is -1.48. The number of rotatable bonds is 5. The largest absolute Gasteiger partial charge is 0.478 e. The van der Waals surface area contributed by atoms with E-state index in [1.165, 1.54) is 0 Å². The SMILES string of the molecule is C=COC(=O)CC(=CC(=O)O)C(=O)O. The number of carboxylic acids is 2. The Bertz CT molecular complexity index is 301. The highest BCUT2D eigenvalue weighted by atomic mass is 16.5. The Labute approximate surface area is 79.1 Å². The average Bonchev–Trinajstić information content (AvgIpc) is 2.02. The van der Waals surface area contributed by atoms with Gasteiger partial charge in [-0.05, 0) is 0 Å². The van der Waals surface area contributed by atoms with Gasteiger partial charge in [-0.15, -0.1) is 0 Å². The molecule has 0 heterocycles. The molecular weight excluding hydrogens is 192 g/mol. The molecule has 0 aliphatic rings. The first-order valence-corrected chi connectivity index (χ1v) is 3.44. The molecule has 6 nitrogen and oxygen atoms in total. The van der Waals surface area contributed by atoms with E-state index < -0.39 is 29.9 Å². The molecule has 0 fully saturated rings. The molecular formula is C8H8O6. The van der Waals surface area contributed by atoms with Gasteiger partial charge in [-0.1, -0.05) is 6.58 Å². The third-order valence-corrected chi connectivity index (χ3v) is 1.12. The van der Waals surface area contributed by atoms with Crippen LogP contribution < -0.4 is 0 Å². The van der Waals surface area contributed by atoms with E-state index in [2.05, 4.69) is 11.3 Å². The molecule has 0 saturated heterocycles. The van der Waals surface area contributed by atoms with Crippen LogP contribution in [0.4, 0.5) is 0 Å². The first-order chi connectivity index (χ1) is 6.47. The van der Waals surface area contributed by atoms with Crippen molar-refractivity contribution in [2.75, 3.05) is 0 Å². The Kier molecular flexibility index (Phi) is 4.69. The minimum Gasteiger partial charge on any atom is -0.478 e. The number of carbonyl (C=O) groups excluding carboxylic acids is 1. The molecule has 0 aliphatic carbocycles. The molecule has 76 valence electrons. The zero-order chi connectivity index (χ0) is 11.1. The van der Waals surface area contributed by atoms with Crippen LogP contribution in [-0.4, -0.2) is 28.1 Å². The van der Waals surface area contributed by atoms with Gasteiger partial charge in [0.05, 0.1) is 18.3 Å². The molecule has 0 rings (SSSR count). The van der Waals surface area contributed by atoms with E-state index in [-0.39, 0.29) is 0 Å². The Morgan fingerprint density at radius 2 is 1.86 bits per heavy atom. The molecule has 6 heteroatoms. The van der Waals surface area contributed by atoms with Gasteiger partial charge in [0.2, 0.25) is 0 Å². The molecule has 14 heavy (non-hydrogen) atoms.